The molecule has 1 heterocycles. The molecule has 1 aliphatic rings. The first-order valence-electron chi connectivity index (χ1n) is 6.88. The molecular formula is C15H20N2O4. The van der Waals surface area contributed by atoms with Gasteiger partial charge in [0.25, 0.3) is 0 Å². The van der Waals surface area contributed by atoms with E-state index in [0.29, 0.717) is 26.2 Å². The van der Waals surface area contributed by atoms with Crippen LogP contribution in [-0.4, -0.2) is 49.6 Å². The highest BCUT2D eigenvalue weighted by molar-refractivity contribution is 5.83. The Hall–Kier alpha value is -2.08. The van der Waals surface area contributed by atoms with Crippen molar-refractivity contribution in [1.29, 1.82) is 0 Å². The van der Waals surface area contributed by atoms with E-state index in [0.717, 1.165) is 11.3 Å². The Morgan fingerprint density at radius 2 is 2.19 bits per heavy atom. The van der Waals surface area contributed by atoms with Gasteiger partial charge in [0, 0.05) is 32.1 Å². The molecule has 1 N–H and O–H groups in total. The van der Waals surface area contributed by atoms with Gasteiger partial charge in [-0.2, -0.15) is 0 Å². The number of para-hydroxylation sites is 1. The van der Waals surface area contributed by atoms with Crippen LogP contribution in [0.4, 0.5) is 0 Å². The molecule has 0 fully saturated rings. The summed E-state index contributed by atoms with van der Waals surface area (Å²) in [7, 11) is 1.32. The maximum Gasteiger partial charge on any atom is 0.329 e. The van der Waals surface area contributed by atoms with Gasteiger partial charge in [0.05, 0.1) is 7.11 Å². The quantitative estimate of drug-likeness (QED) is 0.821. The number of ether oxygens (including phenoxy) is 2. The molecule has 0 radical (unpaired) electrons. The SMILES string of the molecule is COC(=O)C(CN1CCOc2ccccc2C1)NC(C)=O. The molecular weight excluding hydrogens is 272 g/mol. The second-order valence-electron chi connectivity index (χ2n) is 4.97. The molecule has 0 saturated carbocycles. The summed E-state index contributed by atoms with van der Waals surface area (Å²) in [6.45, 7) is 3.68. The molecule has 1 amide bonds. The monoisotopic (exact) mass is 292 g/mol. The van der Waals surface area contributed by atoms with Crippen molar-refractivity contribution < 1.29 is 19.1 Å². The van der Waals surface area contributed by atoms with Crippen LogP contribution in [0, 0.1) is 0 Å². The van der Waals surface area contributed by atoms with Crippen LogP contribution in [0.25, 0.3) is 0 Å². The van der Waals surface area contributed by atoms with E-state index >= 15 is 0 Å². The average molecular weight is 292 g/mol. The van der Waals surface area contributed by atoms with E-state index in [1.807, 2.05) is 24.3 Å². The van der Waals surface area contributed by atoms with Crippen molar-refractivity contribution in [3.63, 3.8) is 0 Å². The first-order valence-corrected chi connectivity index (χ1v) is 6.88. The molecule has 1 atom stereocenters. The van der Waals surface area contributed by atoms with Gasteiger partial charge in [-0.25, -0.2) is 4.79 Å². The highest BCUT2D eigenvalue weighted by Crippen LogP contribution is 2.22. The predicted octanol–water partition coefficient (Wildman–Crippen LogP) is 0.559. The molecule has 1 aromatic rings. The fraction of sp³-hybridized carbons (Fsp3) is 0.467. The Kier molecular flexibility index (Phi) is 5.16. The predicted molar refractivity (Wildman–Crippen MR) is 76.8 cm³/mol. The summed E-state index contributed by atoms with van der Waals surface area (Å²) < 4.78 is 10.4. The van der Waals surface area contributed by atoms with E-state index in [4.69, 9.17) is 9.47 Å². The zero-order valence-electron chi connectivity index (χ0n) is 12.3. The van der Waals surface area contributed by atoms with E-state index < -0.39 is 12.0 Å². The van der Waals surface area contributed by atoms with E-state index in [1.54, 1.807) is 0 Å². The number of carbonyl (C=O) groups is 2. The second kappa shape index (κ2) is 7.08. The van der Waals surface area contributed by atoms with Crippen LogP contribution < -0.4 is 10.1 Å². The van der Waals surface area contributed by atoms with Crippen LogP contribution in [0.1, 0.15) is 12.5 Å². The number of carbonyl (C=O) groups excluding carboxylic acids is 2. The first-order chi connectivity index (χ1) is 10.1. The molecule has 0 aromatic heterocycles. The van der Waals surface area contributed by atoms with Crippen LogP contribution in [0.15, 0.2) is 24.3 Å². The van der Waals surface area contributed by atoms with Crippen molar-refractivity contribution in [1.82, 2.24) is 10.2 Å². The zero-order valence-corrected chi connectivity index (χ0v) is 12.3. The van der Waals surface area contributed by atoms with Gasteiger partial charge in [-0.05, 0) is 6.07 Å². The lowest BCUT2D eigenvalue weighted by atomic mass is 10.2. The summed E-state index contributed by atoms with van der Waals surface area (Å²) in [4.78, 5) is 25.1. The Morgan fingerprint density at radius 3 is 2.90 bits per heavy atom. The number of esters is 1. The Balaban J connectivity index is 2.06. The van der Waals surface area contributed by atoms with Gasteiger partial charge in [-0.3, -0.25) is 9.69 Å². The summed E-state index contributed by atoms with van der Waals surface area (Å²) in [5.74, 6) is 0.176. The number of benzene rings is 1. The topological polar surface area (TPSA) is 67.9 Å². The molecule has 6 heteroatoms. The van der Waals surface area contributed by atoms with Crippen LogP contribution in [0.2, 0.25) is 0 Å². The maximum absolute atomic E-state index is 11.8. The summed E-state index contributed by atoms with van der Waals surface area (Å²) in [5, 5.41) is 2.63. The van der Waals surface area contributed by atoms with Crippen molar-refractivity contribution in [2.45, 2.75) is 19.5 Å². The fourth-order valence-corrected chi connectivity index (χ4v) is 2.36. The average Bonchev–Trinajstić information content (AvgIpc) is 2.66. The van der Waals surface area contributed by atoms with Gasteiger partial charge in [-0.1, -0.05) is 18.2 Å². The highest BCUT2D eigenvalue weighted by Gasteiger charge is 2.25. The highest BCUT2D eigenvalue weighted by atomic mass is 16.5. The third kappa shape index (κ3) is 4.19. The number of nitrogens with zero attached hydrogens (tertiary/aromatic N) is 1. The molecule has 2 rings (SSSR count). The first kappa shape index (κ1) is 15.3. The second-order valence-corrected chi connectivity index (χ2v) is 4.97. The normalized spacial score (nSPS) is 16.1. The number of hydrogen-bond donors (Lipinski definition) is 1. The lowest BCUT2D eigenvalue weighted by Gasteiger charge is -2.24. The maximum atomic E-state index is 11.8. The van der Waals surface area contributed by atoms with Gasteiger partial charge in [0.1, 0.15) is 18.4 Å². The van der Waals surface area contributed by atoms with Crippen LogP contribution in [0.3, 0.4) is 0 Å². The van der Waals surface area contributed by atoms with Crippen molar-refractivity contribution in [2.24, 2.45) is 0 Å². The van der Waals surface area contributed by atoms with E-state index in [2.05, 4.69) is 10.2 Å². The van der Waals surface area contributed by atoms with Gasteiger partial charge in [0.2, 0.25) is 5.91 Å². The smallest absolute Gasteiger partial charge is 0.329 e. The Bertz CT molecular complexity index is 518. The Morgan fingerprint density at radius 1 is 1.43 bits per heavy atom. The van der Waals surface area contributed by atoms with E-state index in [1.165, 1.54) is 14.0 Å². The van der Waals surface area contributed by atoms with Crippen LogP contribution >= 0.6 is 0 Å². The molecule has 1 aliphatic heterocycles. The number of amides is 1. The summed E-state index contributed by atoms with van der Waals surface area (Å²) in [6.07, 6.45) is 0. The van der Waals surface area contributed by atoms with E-state index in [9.17, 15) is 9.59 Å². The molecule has 1 unspecified atom stereocenters. The third-order valence-electron chi connectivity index (χ3n) is 3.34. The zero-order chi connectivity index (χ0) is 15.2. The molecule has 0 saturated heterocycles. The summed E-state index contributed by atoms with van der Waals surface area (Å²) in [5.41, 5.74) is 1.07. The fourth-order valence-electron chi connectivity index (χ4n) is 2.36. The van der Waals surface area contributed by atoms with Crippen LogP contribution in [-0.2, 0) is 20.9 Å². The minimum absolute atomic E-state index is 0.253. The lowest BCUT2D eigenvalue weighted by molar-refractivity contribution is -0.145. The van der Waals surface area contributed by atoms with Gasteiger partial charge in [-0.15, -0.1) is 0 Å². The number of rotatable bonds is 4. The largest absolute Gasteiger partial charge is 0.492 e. The van der Waals surface area contributed by atoms with Crippen LogP contribution in [0.5, 0.6) is 5.75 Å². The molecule has 0 bridgehead atoms. The standard InChI is InChI=1S/C15H20N2O4/c1-11(18)16-13(15(19)20-2)10-17-7-8-21-14-6-4-3-5-12(14)9-17/h3-6,13H,7-10H2,1-2H3,(H,16,18). The van der Waals surface area contributed by atoms with Gasteiger partial charge in [0.15, 0.2) is 0 Å². The lowest BCUT2D eigenvalue weighted by Crippen LogP contribution is -2.48. The number of fused-ring (bicyclic) bond motifs is 1. The Labute approximate surface area is 124 Å². The van der Waals surface area contributed by atoms with E-state index in [-0.39, 0.29) is 5.91 Å². The third-order valence-corrected chi connectivity index (χ3v) is 3.34. The van der Waals surface area contributed by atoms with Crippen molar-refractivity contribution in [3.8, 4) is 5.75 Å². The molecule has 0 aliphatic carbocycles. The number of hydrogen-bond acceptors (Lipinski definition) is 5. The minimum Gasteiger partial charge on any atom is -0.492 e. The minimum atomic E-state index is -0.669. The summed E-state index contributed by atoms with van der Waals surface area (Å²) >= 11 is 0. The van der Waals surface area contributed by atoms with Gasteiger partial charge >= 0.3 is 5.97 Å². The van der Waals surface area contributed by atoms with Crippen molar-refractivity contribution in [3.05, 3.63) is 29.8 Å². The van der Waals surface area contributed by atoms with Crippen molar-refractivity contribution >= 4 is 11.9 Å². The summed E-state index contributed by atoms with van der Waals surface area (Å²) in [6, 6.07) is 7.15. The molecule has 6 nitrogen and oxygen atoms in total. The molecule has 114 valence electrons. The number of nitrogens with one attached hydrogen (secondary N) is 1. The van der Waals surface area contributed by atoms with Crippen molar-refractivity contribution in [2.75, 3.05) is 26.8 Å². The molecule has 21 heavy (non-hydrogen) atoms. The number of methoxy groups -OCH3 is 1. The van der Waals surface area contributed by atoms with Gasteiger partial charge < -0.3 is 14.8 Å². The molecule has 0 spiro atoms. The molecule has 1 aromatic carbocycles.